The molecular formula is C73H87F2N23O4. The number of halogens is 2. The van der Waals surface area contributed by atoms with E-state index in [0.29, 0.717) is 109 Å². The minimum absolute atomic E-state index is 0.0240. The van der Waals surface area contributed by atoms with E-state index < -0.39 is 11.9 Å². The van der Waals surface area contributed by atoms with E-state index in [0.717, 1.165) is 54.3 Å². The maximum atomic E-state index is 14.5. The number of nitrogens with one attached hydrogen (secondary N) is 3. The van der Waals surface area contributed by atoms with Gasteiger partial charge in [0.1, 0.15) is 33.8 Å². The Hall–Kier alpha value is -10.4. The van der Waals surface area contributed by atoms with Crippen LogP contribution in [0.4, 0.5) is 8.78 Å². The van der Waals surface area contributed by atoms with Gasteiger partial charge in [0.05, 0.1) is 65.3 Å². The number of piperidine rings is 3. The van der Waals surface area contributed by atoms with Gasteiger partial charge >= 0.3 is 0 Å². The first-order valence-electron chi connectivity index (χ1n) is 34.4. The number of pyridine rings is 1. The largest absolute Gasteiger partial charge is 0.507 e. The third-order valence-electron chi connectivity index (χ3n) is 19.0. The third kappa shape index (κ3) is 14.6. The summed E-state index contributed by atoms with van der Waals surface area (Å²) in [6.45, 7) is 31.0. The Morgan fingerprint density at radius 3 is 1.13 bits per heavy atom. The standard InChI is InChI=1S/C26H31N7O2.C24H29FN8O.C23H27FN8O/c1-6-35-23-12-17(9-10-27-23)16-7-8-19(22(34)11-16)20-13-21-24(30-28-20)33(32-29-21)18-14-25(2,3)31-26(4,5)15-18;1-6-32-21(25)17(13-26-32)14-7-8-16(20(34)9-14)18-10-19-22(29-27-18)33(31-28-19)15-11-23(2,3)30-24(4,5)12-15;1-22(2)10-14(11-23(3,4)29-22)32-21-18(27-30-32)9-17(26-28-21)15-7-6-13(8-19(15)33)16-12-25-31(5)20(16)24/h7-13,18,31,34H,6,14-15H2,1-5H3;7-10,13,15,30,34H,6,11-12H2,1-5H3;6-9,12,14,29,33H,10-11H2,1-5H3. The molecule has 29 heteroatoms. The van der Waals surface area contributed by atoms with Gasteiger partial charge in [-0.2, -0.15) is 19.0 Å². The SMILES string of the molecule is CCOc1cc(-c2ccc(-c3cc4nnn(C5CC(C)(C)NC(C)(C)C5)c4nn3)c(O)c2)ccn1.CCn1ncc(-c2ccc(-c3cc4nnn(C5CC(C)(C)NC(C)(C)C5)c4nn3)c(O)c2)c1F.Cn1ncc(-c2ccc(-c3cc4nnn(C5CC(C)(C)NC(C)(C)C5)c4nn3)c(O)c2)c1F. The molecule has 532 valence electrons. The van der Waals surface area contributed by atoms with Crippen molar-refractivity contribution in [1.82, 2.24) is 116 Å². The maximum absolute atomic E-state index is 14.5. The van der Waals surface area contributed by atoms with Gasteiger partial charge in [0.2, 0.25) is 34.7 Å². The quantitative estimate of drug-likeness (QED) is 0.0662. The van der Waals surface area contributed by atoms with Crippen molar-refractivity contribution in [1.29, 1.82) is 0 Å². The summed E-state index contributed by atoms with van der Waals surface area (Å²) in [6.07, 6.45) is 9.99. The molecule has 12 aromatic rings. The number of ether oxygens (including phenoxy) is 1. The lowest BCUT2D eigenvalue weighted by Crippen LogP contribution is -2.58. The van der Waals surface area contributed by atoms with Crippen molar-refractivity contribution < 1.29 is 28.8 Å². The maximum Gasteiger partial charge on any atom is 0.219 e. The predicted molar refractivity (Wildman–Crippen MR) is 383 cm³/mol. The fourth-order valence-corrected chi connectivity index (χ4v) is 15.7. The Morgan fingerprint density at radius 2 is 0.784 bits per heavy atom. The second-order valence-corrected chi connectivity index (χ2v) is 30.9. The fraction of sp³-hybridized carbons (Fsp3) is 0.438. The van der Waals surface area contributed by atoms with Crippen molar-refractivity contribution in [2.24, 2.45) is 7.05 Å². The molecule has 0 bridgehead atoms. The highest BCUT2D eigenvalue weighted by Gasteiger charge is 2.43. The van der Waals surface area contributed by atoms with Gasteiger partial charge in [-0.1, -0.05) is 33.8 Å². The highest BCUT2D eigenvalue weighted by atomic mass is 19.1. The molecule has 6 N–H and O–H groups in total. The van der Waals surface area contributed by atoms with E-state index in [1.54, 1.807) is 48.7 Å². The Balaban J connectivity index is 0.000000137. The average molecular weight is 1390 g/mol. The number of fused-ring (bicyclic) bond motifs is 3. The van der Waals surface area contributed by atoms with E-state index in [4.69, 9.17) is 4.74 Å². The molecule has 12 heterocycles. The third-order valence-corrected chi connectivity index (χ3v) is 19.0. The van der Waals surface area contributed by atoms with Crippen LogP contribution in [0.2, 0.25) is 0 Å². The predicted octanol–water partition coefficient (Wildman–Crippen LogP) is 12.2. The zero-order valence-electron chi connectivity index (χ0n) is 60.2. The van der Waals surface area contributed by atoms with Crippen LogP contribution in [0.3, 0.4) is 0 Å². The average Bonchev–Trinajstić information content (AvgIpc) is 1.56. The number of benzene rings is 3. The molecule has 0 unspecified atom stereocenters. The second kappa shape index (κ2) is 26.5. The van der Waals surface area contributed by atoms with Crippen molar-refractivity contribution in [2.45, 2.75) is 193 Å². The molecule has 0 spiro atoms. The Kier molecular flexibility index (Phi) is 18.2. The van der Waals surface area contributed by atoms with Crippen molar-refractivity contribution in [3.63, 3.8) is 0 Å². The summed E-state index contributed by atoms with van der Waals surface area (Å²) in [5.74, 6) is -0.294. The zero-order chi connectivity index (χ0) is 72.6. The summed E-state index contributed by atoms with van der Waals surface area (Å²) < 4.78 is 42.2. The van der Waals surface area contributed by atoms with Crippen LogP contribution in [-0.2, 0) is 13.6 Å². The molecule has 3 aliphatic rings. The van der Waals surface area contributed by atoms with Gasteiger partial charge in [-0.15, -0.1) is 45.9 Å². The Morgan fingerprint density at radius 1 is 0.431 bits per heavy atom. The lowest BCUT2D eigenvalue weighted by molar-refractivity contribution is 0.126. The summed E-state index contributed by atoms with van der Waals surface area (Å²) >= 11 is 0. The van der Waals surface area contributed by atoms with Gasteiger partial charge in [-0.05, 0) is 218 Å². The van der Waals surface area contributed by atoms with E-state index in [1.807, 2.05) is 58.2 Å². The molecule has 27 nitrogen and oxygen atoms in total. The number of hydrogen-bond donors (Lipinski definition) is 6. The molecule has 9 aromatic heterocycles. The summed E-state index contributed by atoms with van der Waals surface area (Å²) in [7, 11) is 1.52. The number of phenols is 3. The molecule has 0 aliphatic carbocycles. The normalized spacial score (nSPS) is 17.9. The van der Waals surface area contributed by atoms with Crippen molar-refractivity contribution in [3.05, 3.63) is 115 Å². The summed E-state index contributed by atoms with van der Waals surface area (Å²) in [5, 5.41) is 104. The number of phenolic OH excluding ortho intramolecular Hbond substituents is 3. The molecule has 0 atom stereocenters. The fourth-order valence-electron chi connectivity index (χ4n) is 15.7. The van der Waals surface area contributed by atoms with Crippen LogP contribution in [0, 0.1) is 11.9 Å². The van der Waals surface area contributed by atoms with Gasteiger partial charge in [0.15, 0.2) is 0 Å². The van der Waals surface area contributed by atoms with Crippen molar-refractivity contribution >= 4 is 33.5 Å². The first-order valence-corrected chi connectivity index (χ1v) is 34.4. The van der Waals surface area contributed by atoms with Crippen LogP contribution in [-0.4, -0.2) is 155 Å². The number of hydrogen-bond acceptors (Lipinski definition) is 22. The molecule has 0 amide bonds. The molecule has 3 saturated heterocycles. The molecule has 3 aromatic carbocycles. The lowest BCUT2D eigenvalue weighted by Gasteiger charge is -2.46. The van der Waals surface area contributed by atoms with Gasteiger partial charge in [-0.25, -0.2) is 28.4 Å². The molecule has 0 saturated carbocycles. The van der Waals surface area contributed by atoms with Crippen LogP contribution >= 0.6 is 0 Å². The number of aryl methyl sites for hydroxylation is 2. The number of aromatic nitrogens is 20. The second-order valence-electron chi connectivity index (χ2n) is 30.9. The number of aromatic hydroxyl groups is 3. The highest BCUT2D eigenvalue weighted by Crippen LogP contribution is 2.43. The summed E-state index contributed by atoms with van der Waals surface area (Å²) in [5.41, 5.74) is 10.1. The molecule has 3 fully saturated rings. The Labute approximate surface area is 588 Å². The van der Waals surface area contributed by atoms with Crippen LogP contribution < -0.4 is 20.7 Å². The summed E-state index contributed by atoms with van der Waals surface area (Å²) in [6, 6.07) is 24.9. The molecular weight excluding hydrogens is 1300 g/mol. The minimum atomic E-state index is -0.468. The first kappa shape index (κ1) is 70.1. The van der Waals surface area contributed by atoms with Crippen LogP contribution in [0.25, 0.3) is 101 Å². The van der Waals surface area contributed by atoms with Crippen molar-refractivity contribution in [3.8, 4) is 90.3 Å². The summed E-state index contributed by atoms with van der Waals surface area (Å²) in [4.78, 5) is 4.20. The van der Waals surface area contributed by atoms with Gasteiger partial charge in [0.25, 0.3) is 0 Å². The van der Waals surface area contributed by atoms with Gasteiger partial charge in [-0.3, -0.25) is 0 Å². The lowest BCUT2D eigenvalue weighted by atomic mass is 9.79. The molecule has 3 aliphatic heterocycles. The molecule has 0 radical (unpaired) electrons. The Bertz CT molecular complexity index is 5060. The van der Waals surface area contributed by atoms with E-state index >= 15 is 0 Å². The zero-order valence-corrected chi connectivity index (χ0v) is 60.2. The minimum Gasteiger partial charge on any atom is -0.507 e. The van der Waals surface area contributed by atoms with Gasteiger partial charge < -0.3 is 36.0 Å². The molecule has 15 rings (SSSR count). The highest BCUT2D eigenvalue weighted by molar-refractivity contribution is 5.82. The monoisotopic (exact) mass is 1390 g/mol. The van der Waals surface area contributed by atoms with Crippen LogP contribution in [0.5, 0.6) is 23.1 Å². The van der Waals surface area contributed by atoms with Crippen molar-refractivity contribution in [2.75, 3.05) is 6.61 Å². The van der Waals surface area contributed by atoms with E-state index in [9.17, 15) is 24.1 Å². The van der Waals surface area contributed by atoms with Gasteiger partial charge in [0, 0.05) is 75.8 Å². The molecule has 102 heavy (non-hydrogen) atoms. The van der Waals surface area contributed by atoms with Crippen LogP contribution in [0.15, 0.2) is 104 Å². The number of rotatable bonds is 12. The first-order chi connectivity index (χ1) is 48.2. The van der Waals surface area contributed by atoms with E-state index in [1.165, 1.54) is 36.3 Å². The van der Waals surface area contributed by atoms with Crippen LogP contribution in [0.1, 0.15) is 154 Å². The van der Waals surface area contributed by atoms with E-state index in [-0.39, 0.29) is 68.6 Å². The number of nitrogens with zero attached hydrogens (tertiary/aromatic N) is 20. The smallest absolute Gasteiger partial charge is 0.219 e. The topological polar surface area (TPSA) is 324 Å². The van der Waals surface area contributed by atoms with E-state index in [2.05, 4.69) is 176 Å².